The quantitative estimate of drug-likeness (QED) is 0.530. The van der Waals surface area contributed by atoms with Gasteiger partial charge in [-0.15, -0.1) is 11.3 Å². The Morgan fingerprint density at radius 1 is 1.19 bits per heavy atom. The minimum absolute atomic E-state index is 0.0215. The number of nitrogens with zero attached hydrogens (tertiary/aromatic N) is 1. The lowest BCUT2D eigenvalue weighted by atomic mass is 10.1. The Labute approximate surface area is 161 Å². The van der Waals surface area contributed by atoms with Crippen molar-refractivity contribution in [2.75, 3.05) is 31.2 Å². The molecule has 140 valence electrons. The van der Waals surface area contributed by atoms with Gasteiger partial charge in [0.05, 0.1) is 6.61 Å². The molecule has 0 spiro atoms. The fraction of sp³-hybridized carbons (Fsp3) is 0.455. The van der Waals surface area contributed by atoms with Crippen LogP contribution in [0.2, 0.25) is 0 Å². The summed E-state index contributed by atoms with van der Waals surface area (Å²) in [5.74, 6) is 0. The molecule has 0 bridgehead atoms. The van der Waals surface area contributed by atoms with E-state index in [4.69, 9.17) is 9.47 Å². The van der Waals surface area contributed by atoms with Crippen molar-refractivity contribution in [2.45, 2.75) is 38.9 Å². The van der Waals surface area contributed by atoms with Crippen LogP contribution in [0.25, 0.3) is 12.2 Å². The van der Waals surface area contributed by atoms with Gasteiger partial charge in [0.15, 0.2) is 6.29 Å². The summed E-state index contributed by atoms with van der Waals surface area (Å²) in [6.07, 6.45) is 8.81. The fourth-order valence-corrected chi connectivity index (χ4v) is 3.76. The van der Waals surface area contributed by atoms with Crippen molar-refractivity contribution in [1.29, 1.82) is 0 Å². The average Bonchev–Trinajstić information content (AvgIpc) is 3.22. The maximum absolute atomic E-state index is 5.84. The van der Waals surface area contributed by atoms with Crippen molar-refractivity contribution in [3.05, 3.63) is 52.2 Å². The van der Waals surface area contributed by atoms with Gasteiger partial charge in [0, 0.05) is 30.3 Å². The first kappa shape index (κ1) is 19.2. The Morgan fingerprint density at radius 3 is 2.77 bits per heavy atom. The number of hydrogen-bond acceptors (Lipinski definition) is 4. The summed E-state index contributed by atoms with van der Waals surface area (Å²) in [4.78, 5) is 3.68. The molecule has 1 aromatic carbocycles. The average molecular weight is 372 g/mol. The fourth-order valence-electron chi connectivity index (χ4n) is 3.14. The first-order valence-corrected chi connectivity index (χ1v) is 10.5. The van der Waals surface area contributed by atoms with Crippen LogP contribution >= 0.6 is 11.3 Å². The number of thiophene rings is 1. The van der Waals surface area contributed by atoms with Crippen molar-refractivity contribution in [2.24, 2.45) is 0 Å². The highest BCUT2D eigenvalue weighted by molar-refractivity contribution is 7.10. The van der Waals surface area contributed by atoms with Crippen LogP contribution in [-0.2, 0) is 9.47 Å². The zero-order valence-electron chi connectivity index (χ0n) is 15.6. The van der Waals surface area contributed by atoms with Crippen LogP contribution < -0.4 is 4.90 Å². The Morgan fingerprint density at radius 2 is 2.08 bits per heavy atom. The van der Waals surface area contributed by atoms with Crippen LogP contribution in [-0.4, -0.2) is 32.6 Å². The highest BCUT2D eigenvalue weighted by Gasteiger charge is 2.13. The van der Waals surface area contributed by atoms with E-state index in [1.165, 1.54) is 29.0 Å². The normalized spacial score (nSPS) is 17.7. The predicted molar refractivity (Wildman–Crippen MR) is 112 cm³/mol. The summed E-state index contributed by atoms with van der Waals surface area (Å²) in [5.41, 5.74) is 2.51. The van der Waals surface area contributed by atoms with E-state index in [2.05, 4.69) is 65.8 Å². The first-order chi connectivity index (χ1) is 12.8. The second kappa shape index (κ2) is 10.5. The number of ether oxygens (including phenoxy) is 2. The van der Waals surface area contributed by atoms with Crippen LogP contribution in [0, 0.1) is 0 Å². The van der Waals surface area contributed by atoms with Gasteiger partial charge in [0.25, 0.3) is 0 Å². The van der Waals surface area contributed by atoms with Crippen molar-refractivity contribution < 1.29 is 9.47 Å². The molecule has 1 fully saturated rings. The van der Waals surface area contributed by atoms with E-state index in [1.54, 1.807) is 11.3 Å². The molecule has 2 aromatic rings. The highest BCUT2D eigenvalue weighted by atomic mass is 32.1. The van der Waals surface area contributed by atoms with Crippen molar-refractivity contribution in [3.8, 4) is 0 Å². The van der Waals surface area contributed by atoms with Crippen molar-refractivity contribution in [3.63, 3.8) is 0 Å². The van der Waals surface area contributed by atoms with E-state index in [1.807, 2.05) is 0 Å². The molecule has 1 unspecified atom stereocenters. The van der Waals surface area contributed by atoms with Crippen LogP contribution in [0.15, 0.2) is 41.8 Å². The molecule has 3 rings (SSSR count). The molecule has 1 aromatic heterocycles. The number of anilines is 1. The van der Waals surface area contributed by atoms with E-state index in [0.717, 1.165) is 39.1 Å². The maximum Gasteiger partial charge on any atom is 0.157 e. The monoisotopic (exact) mass is 371 g/mol. The van der Waals surface area contributed by atoms with Gasteiger partial charge in [0.2, 0.25) is 0 Å². The SMILES string of the molecule is CCN(CCCOC1CCCCO1)c1ccc(C=Cc2cccs2)cc1. The molecule has 3 nitrogen and oxygen atoms in total. The second-order valence-electron chi connectivity index (χ2n) is 6.54. The molecule has 0 aliphatic carbocycles. The third-order valence-corrected chi connectivity index (χ3v) is 5.47. The lowest BCUT2D eigenvalue weighted by Crippen LogP contribution is -2.27. The van der Waals surface area contributed by atoms with Crippen molar-refractivity contribution in [1.82, 2.24) is 0 Å². The molecular weight excluding hydrogens is 342 g/mol. The molecule has 0 saturated carbocycles. The molecule has 0 N–H and O–H groups in total. The first-order valence-electron chi connectivity index (χ1n) is 9.65. The molecule has 4 heteroatoms. The van der Waals surface area contributed by atoms with Crippen LogP contribution in [0.1, 0.15) is 43.0 Å². The van der Waals surface area contributed by atoms with Gasteiger partial charge in [-0.25, -0.2) is 0 Å². The largest absolute Gasteiger partial charge is 0.372 e. The van der Waals surface area contributed by atoms with Gasteiger partial charge in [-0.05, 0) is 67.8 Å². The van der Waals surface area contributed by atoms with Gasteiger partial charge in [0.1, 0.15) is 0 Å². The predicted octanol–water partition coefficient (Wildman–Crippen LogP) is 5.68. The lowest BCUT2D eigenvalue weighted by Gasteiger charge is -2.25. The van der Waals surface area contributed by atoms with E-state index in [0.29, 0.717) is 0 Å². The molecule has 1 saturated heterocycles. The van der Waals surface area contributed by atoms with Crippen molar-refractivity contribution >= 4 is 29.2 Å². The summed E-state index contributed by atoms with van der Waals surface area (Å²) in [6.45, 7) is 5.83. The van der Waals surface area contributed by atoms with Gasteiger partial charge in [-0.3, -0.25) is 0 Å². The van der Waals surface area contributed by atoms with Gasteiger partial charge in [-0.2, -0.15) is 0 Å². The summed E-state index contributed by atoms with van der Waals surface area (Å²) >= 11 is 1.76. The van der Waals surface area contributed by atoms with E-state index in [9.17, 15) is 0 Å². The Balaban J connectivity index is 1.44. The third kappa shape index (κ3) is 5.97. The second-order valence-corrected chi connectivity index (χ2v) is 7.52. The van der Waals surface area contributed by atoms with Crippen LogP contribution in [0.5, 0.6) is 0 Å². The molecule has 1 aliphatic rings. The Hall–Kier alpha value is -1.62. The van der Waals surface area contributed by atoms with E-state index >= 15 is 0 Å². The Kier molecular flexibility index (Phi) is 7.74. The highest BCUT2D eigenvalue weighted by Crippen LogP contribution is 2.19. The van der Waals surface area contributed by atoms with Crippen LogP contribution in [0.4, 0.5) is 5.69 Å². The zero-order chi connectivity index (χ0) is 18.0. The van der Waals surface area contributed by atoms with E-state index in [-0.39, 0.29) is 6.29 Å². The zero-order valence-corrected chi connectivity index (χ0v) is 16.4. The molecule has 2 heterocycles. The molecule has 1 aliphatic heterocycles. The molecular formula is C22H29NO2S. The molecule has 26 heavy (non-hydrogen) atoms. The topological polar surface area (TPSA) is 21.7 Å². The standard InChI is InChI=1S/C22H29NO2S/c1-2-23(15-6-17-25-22-8-3-4-16-24-22)20-12-9-19(10-13-20)11-14-21-7-5-18-26-21/h5,7,9-14,18,22H,2-4,6,8,15-17H2,1H3. The summed E-state index contributed by atoms with van der Waals surface area (Å²) in [7, 11) is 0. The minimum atomic E-state index is 0.0215. The number of rotatable bonds is 9. The lowest BCUT2D eigenvalue weighted by molar-refractivity contribution is -0.162. The maximum atomic E-state index is 5.84. The van der Waals surface area contributed by atoms with E-state index < -0.39 is 0 Å². The summed E-state index contributed by atoms with van der Waals surface area (Å²) in [6, 6.07) is 13.0. The number of benzene rings is 1. The van der Waals surface area contributed by atoms with Gasteiger partial charge < -0.3 is 14.4 Å². The number of hydrogen-bond donors (Lipinski definition) is 0. The third-order valence-electron chi connectivity index (χ3n) is 4.64. The van der Waals surface area contributed by atoms with Gasteiger partial charge >= 0.3 is 0 Å². The molecule has 0 radical (unpaired) electrons. The minimum Gasteiger partial charge on any atom is -0.372 e. The molecule has 1 atom stereocenters. The summed E-state index contributed by atoms with van der Waals surface area (Å²) < 4.78 is 11.5. The van der Waals surface area contributed by atoms with Crippen LogP contribution in [0.3, 0.4) is 0 Å². The van der Waals surface area contributed by atoms with Gasteiger partial charge in [-0.1, -0.05) is 24.3 Å². The molecule has 0 amide bonds. The smallest absolute Gasteiger partial charge is 0.157 e. The summed E-state index contributed by atoms with van der Waals surface area (Å²) in [5, 5.41) is 2.10. The Bertz CT molecular complexity index is 645.